The molecule has 3 aromatic rings. The number of rotatable bonds is 3. The zero-order valence-corrected chi connectivity index (χ0v) is 15.3. The van der Waals surface area contributed by atoms with Crippen molar-refractivity contribution >= 4 is 17.5 Å². The van der Waals surface area contributed by atoms with E-state index in [0.717, 1.165) is 11.0 Å². The first-order valence-corrected chi connectivity index (χ1v) is 8.69. The molecule has 1 amide bonds. The van der Waals surface area contributed by atoms with Crippen LogP contribution in [0.2, 0.25) is 5.02 Å². The Morgan fingerprint density at radius 3 is 2.52 bits per heavy atom. The fourth-order valence-electron chi connectivity index (χ4n) is 3.02. The van der Waals surface area contributed by atoms with Crippen LogP contribution < -0.4 is 0 Å². The first kappa shape index (κ1) is 19.3. The van der Waals surface area contributed by atoms with E-state index in [1.165, 1.54) is 29.1 Å². The highest BCUT2D eigenvalue weighted by molar-refractivity contribution is 6.32. The van der Waals surface area contributed by atoms with Gasteiger partial charge < -0.3 is 10.0 Å². The number of hydrogen-bond acceptors (Lipinski definition) is 6. The van der Waals surface area contributed by atoms with Crippen LogP contribution in [0.4, 0.5) is 13.2 Å². The van der Waals surface area contributed by atoms with Crippen LogP contribution >= 0.6 is 11.6 Å². The van der Waals surface area contributed by atoms with E-state index in [1.54, 1.807) is 6.07 Å². The second kappa shape index (κ2) is 7.08. The Morgan fingerprint density at radius 1 is 1.14 bits per heavy atom. The van der Waals surface area contributed by atoms with Crippen LogP contribution in [0.1, 0.15) is 21.7 Å². The molecule has 0 saturated carbocycles. The maximum Gasteiger partial charge on any atom is 0.417 e. The third-order valence-corrected chi connectivity index (χ3v) is 4.85. The van der Waals surface area contributed by atoms with E-state index in [9.17, 15) is 23.1 Å². The summed E-state index contributed by atoms with van der Waals surface area (Å²) < 4.78 is 40.6. The minimum Gasteiger partial charge on any atom is -0.372 e. The van der Waals surface area contributed by atoms with Crippen LogP contribution in [0.3, 0.4) is 0 Å². The van der Waals surface area contributed by atoms with E-state index in [-0.39, 0.29) is 36.1 Å². The molecule has 12 heteroatoms. The molecule has 8 nitrogen and oxygen atoms in total. The third-order valence-electron chi connectivity index (χ3n) is 4.40. The van der Waals surface area contributed by atoms with Crippen LogP contribution in [0, 0.1) is 0 Å². The highest BCUT2D eigenvalue weighted by atomic mass is 35.5. The molecule has 3 heterocycles. The predicted molar refractivity (Wildman–Crippen MR) is 93.4 cm³/mol. The summed E-state index contributed by atoms with van der Waals surface area (Å²) >= 11 is 5.90. The molecule has 0 spiro atoms. The van der Waals surface area contributed by atoms with Gasteiger partial charge in [-0.1, -0.05) is 23.7 Å². The number of benzene rings is 1. The van der Waals surface area contributed by atoms with Crippen molar-refractivity contribution in [1.29, 1.82) is 0 Å². The van der Waals surface area contributed by atoms with Gasteiger partial charge in [-0.25, -0.2) is 9.97 Å². The minimum atomic E-state index is -4.64. The number of alkyl halides is 3. The van der Waals surface area contributed by atoms with Crippen molar-refractivity contribution in [2.45, 2.75) is 25.5 Å². The quantitative estimate of drug-likeness (QED) is 0.693. The molecule has 1 aliphatic rings. The van der Waals surface area contributed by atoms with E-state index < -0.39 is 28.9 Å². The number of amides is 1. The lowest BCUT2D eigenvalue weighted by molar-refractivity contribution is -0.137. The van der Waals surface area contributed by atoms with Gasteiger partial charge in [-0.05, 0) is 17.7 Å². The van der Waals surface area contributed by atoms with E-state index in [0.29, 0.717) is 0 Å². The molecule has 4 rings (SSSR count). The molecule has 1 atom stereocenters. The van der Waals surface area contributed by atoms with Gasteiger partial charge >= 0.3 is 6.18 Å². The summed E-state index contributed by atoms with van der Waals surface area (Å²) in [6.45, 7) is -0.426. The maximum absolute atomic E-state index is 13.1. The smallest absolute Gasteiger partial charge is 0.372 e. The van der Waals surface area contributed by atoms with Crippen molar-refractivity contribution in [3.05, 3.63) is 58.6 Å². The van der Waals surface area contributed by atoms with Gasteiger partial charge in [0.05, 0.1) is 23.7 Å². The van der Waals surface area contributed by atoms with Crippen LogP contribution in [-0.2, 0) is 19.3 Å². The molecule has 1 N–H and O–H groups in total. The number of carbonyl (C=O) groups is 1. The fraction of sp³-hybridized carbons (Fsp3) is 0.235. The van der Waals surface area contributed by atoms with Crippen molar-refractivity contribution in [3.8, 4) is 11.6 Å². The van der Waals surface area contributed by atoms with Gasteiger partial charge in [-0.15, -0.1) is 10.2 Å². The zero-order chi connectivity index (χ0) is 20.8. The number of halogens is 4. The number of aliphatic hydroxyl groups excluding tert-OH is 1. The summed E-state index contributed by atoms with van der Waals surface area (Å²) in [4.78, 5) is 21.9. The first-order chi connectivity index (χ1) is 13.8. The Balaban J connectivity index is 1.66. The average molecular weight is 425 g/mol. The van der Waals surface area contributed by atoms with E-state index in [4.69, 9.17) is 11.6 Å². The van der Waals surface area contributed by atoms with Gasteiger partial charge in [0.25, 0.3) is 5.91 Å². The lowest BCUT2D eigenvalue weighted by atomic mass is 10.1. The molecule has 1 aromatic carbocycles. The maximum atomic E-state index is 13.1. The number of aromatic nitrogens is 5. The Kier molecular flexibility index (Phi) is 4.71. The highest BCUT2D eigenvalue weighted by Crippen LogP contribution is 2.37. The molecule has 1 aliphatic heterocycles. The third kappa shape index (κ3) is 3.42. The molecular formula is C17H12ClF3N6O2. The number of hydrogen-bond donors (Lipinski definition) is 1. The van der Waals surface area contributed by atoms with Crippen molar-refractivity contribution in [1.82, 2.24) is 29.6 Å². The molecule has 0 fully saturated rings. The summed E-state index contributed by atoms with van der Waals surface area (Å²) in [5, 5.41) is 17.7. The van der Waals surface area contributed by atoms with E-state index in [1.807, 2.05) is 0 Å². The average Bonchev–Trinajstić information content (AvgIpc) is 3.10. The molecule has 0 aliphatic carbocycles. The topological polar surface area (TPSA) is 97.0 Å². The summed E-state index contributed by atoms with van der Waals surface area (Å²) in [5.74, 6) is -0.363. The zero-order valence-electron chi connectivity index (χ0n) is 14.5. The molecule has 0 unspecified atom stereocenters. The number of aliphatic hydroxyl groups is 1. The van der Waals surface area contributed by atoms with Gasteiger partial charge in [-0.3, -0.25) is 9.36 Å². The summed E-state index contributed by atoms with van der Waals surface area (Å²) in [6, 6.07) is 5.01. The number of fused-ring (bicyclic) bond motifs is 1. The largest absolute Gasteiger partial charge is 0.417 e. The summed E-state index contributed by atoms with van der Waals surface area (Å²) in [7, 11) is 0. The minimum absolute atomic E-state index is 0.0495. The molecule has 0 saturated heterocycles. The van der Waals surface area contributed by atoms with Crippen molar-refractivity contribution in [2.75, 3.05) is 0 Å². The molecule has 0 radical (unpaired) electrons. The van der Waals surface area contributed by atoms with Gasteiger partial charge in [-0.2, -0.15) is 13.2 Å². The van der Waals surface area contributed by atoms with Crippen LogP contribution in [0.15, 0.2) is 36.7 Å². The monoisotopic (exact) mass is 424 g/mol. The standard InChI is InChI=1S/C17H12ClF3N6O2/c18-12-9(3-1-4-10(12)17(19,20)21)7-26-11(28)8-27-14(13-22-5-2-6-23-13)24-25-15(27)16(26)29/h1-6,11,28H,7-8H2/t11-/m1/s1. The molecular weight excluding hydrogens is 413 g/mol. The van der Waals surface area contributed by atoms with Crippen molar-refractivity contribution in [3.63, 3.8) is 0 Å². The van der Waals surface area contributed by atoms with Crippen molar-refractivity contribution < 1.29 is 23.1 Å². The molecule has 2 aromatic heterocycles. The van der Waals surface area contributed by atoms with Crippen LogP contribution in [0.5, 0.6) is 0 Å². The summed E-state index contributed by atoms with van der Waals surface area (Å²) in [5.41, 5.74) is -0.962. The Labute approximate surface area is 166 Å². The second-order valence-electron chi connectivity index (χ2n) is 6.22. The lowest BCUT2D eigenvalue weighted by Crippen LogP contribution is -2.47. The van der Waals surface area contributed by atoms with E-state index in [2.05, 4.69) is 20.2 Å². The van der Waals surface area contributed by atoms with Crippen molar-refractivity contribution in [2.24, 2.45) is 0 Å². The number of nitrogens with zero attached hydrogens (tertiary/aromatic N) is 6. The summed E-state index contributed by atoms with van der Waals surface area (Å²) in [6.07, 6.45) is -2.98. The predicted octanol–water partition coefficient (Wildman–Crippen LogP) is 2.38. The van der Waals surface area contributed by atoms with Gasteiger partial charge in [0.2, 0.25) is 11.6 Å². The SMILES string of the molecule is O=C1c2nnc(-c3ncccn3)n2C[C@@H](O)N1Cc1cccc(C(F)(F)F)c1Cl. The second-order valence-corrected chi connectivity index (χ2v) is 6.60. The van der Waals surface area contributed by atoms with Gasteiger partial charge in [0.1, 0.15) is 6.23 Å². The van der Waals surface area contributed by atoms with Gasteiger partial charge in [0.15, 0.2) is 5.82 Å². The van der Waals surface area contributed by atoms with E-state index >= 15 is 0 Å². The van der Waals surface area contributed by atoms with Gasteiger partial charge in [0, 0.05) is 12.4 Å². The Hall–Kier alpha value is -3.05. The molecule has 150 valence electrons. The first-order valence-electron chi connectivity index (χ1n) is 8.31. The highest BCUT2D eigenvalue weighted by Gasteiger charge is 2.37. The van der Waals surface area contributed by atoms with Crippen LogP contribution in [0.25, 0.3) is 11.6 Å². The molecule has 0 bridgehead atoms. The molecule has 29 heavy (non-hydrogen) atoms. The Morgan fingerprint density at radius 2 is 1.83 bits per heavy atom. The number of carbonyl (C=O) groups excluding carboxylic acids is 1. The van der Waals surface area contributed by atoms with Crippen LogP contribution in [-0.4, -0.2) is 46.9 Å². The lowest BCUT2D eigenvalue weighted by Gasteiger charge is -2.32. The fourth-order valence-corrected chi connectivity index (χ4v) is 3.31. The normalized spacial score (nSPS) is 16.8. The Bertz CT molecular complexity index is 1070.